The molecule has 0 atom stereocenters. The lowest BCUT2D eigenvalue weighted by atomic mass is 9.73. The van der Waals surface area contributed by atoms with Crippen LogP contribution in [0.3, 0.4) is 0 Å². The van der Waals surface area contributed by atoms with E-state index in [2.05, 4.69) is 50.4 Å². The molecule has 1 saturated heterocycles. The molecule has 0 bridgehead atoms. The van der Waals surface area contributed by atoms with E-state index < -0.39 is 5.41 Å². The molecule has 8 heteroatoms. The Bertz CT molecular complexity index is 1440. The molecule has 1 N–H and O–H groups in total. The molecule has 7 nitrogen and oxygen atoms in total. The second kappa shape index (κ2) is 11.4. The van der Waals surface area contributed by atoms with E-state index in [0.717, 1.165) is 75.3 Å². The first-order valence-corrected chi connectivity index (χ1v) is 15.0. The number of aryl methyl sites for hydroxylation is 1. The number of nitrogens with zero attached hydrogens (tertiary/aromatic N) is 3. The summed E-state index contributed by atoms with van der Waals surface area (Å²) in [4.78, 5) is 35.7. The van der Waals surface area contributed by atoms with Crippen LogP contribution in [0, 0.1) is 12.8 Å². The van der Waals surface area contributed by atoms with Crippen LogP contribution in [0.15, 0.2) is 60.8 Å². The number of pyridine rings is 1. The van der Waals surface area contributed by atoms with Crippen molar-refractivity contribution in [3.63, 3.8) is 0 Å². The lowest BCUT2D eigenvalue weighted by molar-refractivity contribution is -0.124. The fourth-order valence-electron chi connectivity index (χ4n) is 6.96. The number of carbonyl (C=O) groups is 2. The third-order valence-electron chi connectivity index (χ3n) is 9.32. The number of rotatable bonds is 6. The lowest BCUT2D eigenvalue weighted by Crippen LogP contribution is -2.49. The Morgan fingerprint density at radius 2 is 1.83 bits per heavy atom. The first-order chi connectivity index (χ1) is 19.9. The minimum Gasteiger partial charge on any atom is -0.497 e. The Balaban J connectivity index is 1.10. The van der Waals surface area contributed by atoms with Crippen LogP contribution in [-0.4, -0.2) is 49.6 Å². The highest BCUT2D eigenvalue weighted by Crippen LogP contribution is 2.49. The lowest BCUT2D eigenvalue weighted by Gasteiger charge is -2.40. The fraction of sp³-hybridized carbons (Fsp3) is 0.424. The highest BCUT2D eigenvalue weighted by Gasteiger charge is 2.52. The number of amides is 2. The Morgan fingerprint density at radius 1 is 1.07 bits per heavy atom. The molecule has 1 saturated carbocycles. The van der Waals surface area contributed by atoms with Crippen molar-refractivity contribution in [2.45, 2.75) is 56.9 Å². The smallest absolute Gasteiger partial charge is 0.253 e. The quantitative estimate of drug-likeness (QED) is 0.396. The summed E-state index contributed by atoms with van der Waals surface area (Å²) in [6, 6.07) is 18.3. The third-order valence-corrected chi connectivity index (χ3v) is 9.53. The van der Waals surface area contributed by atoms with Crippen molar-refractivity contribution in [3.05, 3.63) is 82.6 Å². The molecule has 1 spiro atoms. The van der Waals surface area contributed by atoms with Crippen molar-refractivity contribution in [3.8, 4) is 5.75 Å². The Hall–Kier alpha value is -3.58. The Kier molecular flexibility index (Phi) is 7.64. The summed E-state index contributed by atoms with van der Waals surface area (Å²) in [6.07, 6.45) is 6.90. The summed E-state index contributed by atoms with van der Waals surface area (Å²) in [5.74, 6) is 1.39. The van der Waals surface area contributed by atoms with E-state index in [1.54, 1.807) is 19.4 Å². The predicted octanol–water partition coefficient (Wildman–Crippen LogP) is 5.93. The van der Waals surface area contributed by atoms with E-state index in [-0.39, 0.29) is 17.9 Å². The van der Waals surface area contributed by atoms with E-state index in [0.29, 0.717) is 22.2 Å². The van der Waals surface area contributed by atoms with Crippen LogP contribution in [0.25, 0.3) is 0 Å². The molecule has 214 valence electrons. The molecule has 0 radical (unpaired) electrons. The van der Waals surface area contributed by atoms with Gasteiger partial charge in [0, 0.05) is 49.3 Å². The molecular weight excluding hydrogens is 536 g/mol. The van der Waals surface area contributed by atoms with Crippen LogP contribution in [0.5, 0.6) is 5.75 Å². The second-order valence-corrected chi connectivity index (χ2v) is 12.1. The van der Waals surface area contributed by atoms with Crippen molar-refractivity contribution in [2.75, 3.05) is 36.5 Å². The summed E-state index contributed by atoms with van der Waals surface area (Å²) >= 11 is 6.07. The zero-order chi connectivity index (χ0) is 28.6. The number of nitrogens with one attached hydrogen (secondary N) is 1. The summed E-state index contributed by atoms with van der Waals surface area (Å²) in [5.41, 5.74) is 4.14. The molecule has 3 aliphatic rings. The van der Waals surface area contributed by atoms with E-state index in [9.17, 15) is 9.59 Å². The van der Waals surface area contributed by atoms with Crippen molar-refractivity contribution < 1.29 is 14.3 Å². The number of para-hydroxylation sites is 1. The van der Waals surface area contributed by atoms with Gasteiger partial charge in [0.1, 0.15) is 5.75 Å². The molecule has 1 aromatic heterocycles. The van der Waals surface area contributed by atoms with E-state index in [1.807, 2.05) is 25.1 Å². The molecule has 2 amide bonds. The molecule has 6 rings (SSSR count). The second-order valence-electron chi connectivity index (χ2n) is 11.7. The van der Waals surface area contributed by atoms with Crippen molar-refractivity contribution in [2.24, 2.45) is 5.92 Å². The molecule has 3 heterocycles. The van der Waals surface area contributed by atoms with Gasteiger partial charge in [0.25, 0.3) is 5.91 Å². The van der Waals surface area contributed by atoms with E-state index in [1.165, 1.54) is 5.56 Å². The molecule has 2 aliphatic heterocycles. The number of hydrogen-bond acceptors (Lipinski definition) is 5. The monoisotopic (exact) mass is 572 g/mol. The van der Waals surface area contributed by atoms with Crippen molar-refractivity contribution in [1.82, 2.24) is 10.3 Å². The van der Waals surface area contributed by atoms with Gasteiger partial charge in [-0.25, -0.2) is 0 Å². The first-order valence-electron chi connectivity index (χ1n) is 14.6. The number of benzene rings is 2. The molecule has 3 aromatic rings. The van der Waals surface area contributed by atoms with Crippen LogP contribution in [0.2, 0.25) is 5.02 Å². The SMILES string of the molecule is COc1cccc(N2CCC3(CC2)C(=O)N(CC2CCC(NC(=O)c4cc(Cl)cnc4C)CC2)c2ccccc23)c1. The fourth-order valence-corrected chi connectivity index (χ4v) is 7.12. The van der Waals surface area contributed by atoms with Gasteiger partial charge in [0.2, 0.25) is 5.91 Å². The number of fused-ring (bicyclic) bond motifs is 2. The highest BCUT2D eigenvalue weighted by molar-refractivity contribution is 6.30. The van der Waals surface area contributed by atoms with Crippen LogP contribution in [-0.2, 0) is 10.2 Å². The summed E-state index contributed by atoms with van der Waals surface area (Å²) in [6.45, 7) is 4.21. The predicted molar refractivity (Wildman–Crippen MR) is 162 cm³/mol. The Morgan fingerprint density at radius 3 is 2.59 bits per heavy atom. The average Bonchev–Trinajstić information content (AvgIpc) is 3.22. The van der Waals surface area contributed by atoms with Gasteiger partial charge in [0.05, 0.1) is 28.8 Å². The summed E-state index contributed by atoms with van der Waals surface area (Å²) in [7, 11) is 1.69. The van der Waals surface area contributed by atoms with Crippen molar-refractivity contribution in [1.29, 1.82) is 0 Å². The van der Waals surface area contributed by atoms with Gasteiger partial charge in [0.15, 0.2) is 0 Å². The summed E-state index contributed by atoms with van der Waals surface area (Å²) < 4.78 is 5.43. The van der Waals surface area contributed by atoms with Crippen molar-refractivity contribution >= 4 is 34.8 Å². The van der Waals surface area contributed by atoms with Gasteiger partial charge in [-0.1, -0.05) is 35.9 Å². The minimum atomic E-state index is -0.458. The largest absolute Gasteiger partial charge is 0.497 e. The zero-order valence-electron chi connectivity index (χ0n) is 23.7. The Labute approximate surface area is 246 Å². The van der Waals surface area contributed by atoms with Gasteiger partial charge in [-0.05, 0) is 81.2 Å². The molecule has 2 aromatic carbocycles. The standard InChI is InChI=1S/C33H37ClN4O3/c1-22-28(18-24(34)20-35-22)31(39)36-25-12-10-23(11-13-25)21-38-30-9-4-3-8-29(30)33(32(38)40)14-16-37(17-15-33)26-6-5-7-27(19-26)41-2/h3-9,18-20,23,25H,10-17,21H2,1-2H3,(H,36,39). The topological polar surface area (TPSA) is 74.8 Å². The number of halogens is 1. The van der Waals surface area contributed by atoms with Gasteiger partial charge < -0.3 is 19.9 Å². The van der Waals surface area contributed by atoms with Crippen LogP contribution >= 0.6 is 11.6 Å². The average molecular weight is 573 g/mol. The molecular formula is C33H37ClN4O3. The van der Waals surface area contributed by atoms with Gasteiger partial charge in [-0.2, -0.15) is 0 Å². The van der Waals surface area contributed by atoms with Gasteiger partial charge >= 0.3 is 0 Å². The van der Waals surface area contributed by atoms with E-state index in [4.69, 9.17) is 16.3 Å². The number of ether oxygens (including phenoxy) is 1. The number of piperidine rings is 1. The number of carbonyl (C=O) groups excluding carboxylic acids is 2. The number of methoxy groups -OCH3 is 1. The summed E-state index contributed by atoms with van der Waals surface area (Å²) in [5, 5.41) is 3.64. The van der Waals surface area contributed by atoms with Crippen LogP contribution in [0.4, 0.5) is 11.4 Å². The molecule has 0 unspecified atom stereocenters. The maximum atomic E-state index is 14.2. The maximum Gasteiger partial charge on any atom is 0.253 e. The maximum absolute atomic E-state index is 14.2. The van der Waals surface area contributed by atoms with E-state index >= 15 is 0 Å². The third kappa shape index (κ3) is 5.28. The number of hydrogen-bond donors (Lipinski definition) is 1. The molecule has 41 heavy (non-hydrogen) atoms. The number of anilines is 2. The highest BCUT2D eigenvalue weighted by atomic mass is 35.5. The van der Waals surface area contributed by atoms with Crippen LogP contribution in [0.1, 0.15) is 60.1 Å². The number of aromatic nitrogens is 1. The van der Waals surface area contributed by atoms with Gasteiger partial charge in [-0.15, -0.1) is 0 Å². The minimum absolute atomic E-state index is 0.117. The normalized spacial score (nSPS) is 21.6. The van der Waals surface area contributed by atoms with Gasteiger partial charge in [-0.3, -0.25) is 14.6 Å². The molecule has 2 fully saturated rings. The zero-order valence-corrected chi connectivity index (χ0v) is 24.5. The van der Waals surface area contributed by atoms with Crippen LogP contribution < -0.4 is 19.9 Å². The molecule has 1 aliphatic carbocycles. The first kappa shape index (κ1) is 27.6.